The summed E-state index contributed by atoms with van der Waals surface area (Å²) in [5.41, 5.74) is -0.0717. The maximum Gasteiger partial charge on any atom is 0.303 e. The lowest BCUT2D eigenvalue weighted by molar-refractivity contribution is -0.137. The Morgan fingerprint density at radius 2 is 1.90 bits per heavy atom. The monoisotopic (exact) mass is 426 g/mol. The normalized spacial score (nSPS) is 27.7. The Labute approximate surface area is 181 Å². The highest BCUT2D eigenvalue weighted by atomic mass is 32.2. The van der Waals surface area contributed by atoms with Gasteiger partial charge in [-0.25, -0.2) is 0 Å². The number of ether oxygens (including phenoxy) is 1. The summed E-state index contributed by atoms with van der Waals surface area (Å²) in [5, 5.41) is 19.4. The molecule has 0 aromatic carbocycles. The number of carboxylic acids is 1. The van der Waals surface area contributed by atoms with Crippen LogP contribution in [0.4, 0.5) is 0 Å². The topological polar surface area (TPSA) is 66.8 Å². The van der Waals surface area contributed by atoms with Gasteiger partial charge in [0.15, 0.2) is 0 Å². The smallest absolute Gasteiger partial charge is 0.303 e. The summed E-state index contributed by atoms with van der Waals surface area (Å²) in [7, 11) is 0. The summed E-state index contributed by atoms with van der Waals surface area (Å²) in [6, 6.07) is 0. The maximum atomic E-state index is 10.7. The van der Waals surface area contributed by atoms with Gasteiger partial charge in [-0.2, -0.15) is 11.8 Å². The lowest BCUT2D eigenvalue weighted by Gasteiger charge is -2.30. The first-order valence-corrected chi connectivity index (χ1v) is 12.8. The molecule has 2 saturated heterocycles. The number of carboxylic acid groups (broad SMARTS) is 1. The maximum absolute atomic E-state index is 10.7. The molecule has 2 bridgehead atoms. The molecular formula is C24H42O4S. The van der Waals surface area contributed by atoms with Crippen LogP contribution in [0, 0.1) is 17.3 Å². The first-order chi connectivity index (χ1) is 13.8. The van der Waals surface area contributed by atoms with Gasteiger partial charge >= 0.3 is 5.97 Å². The molecule has 5 atom stereocenters. The van der Waals surface area contributed by atoms with E-state index in [2.05, 4.69) is 32.9 Å². The van der Waals surface area contributed by atoms with Crippen LogP contribution in [0.5, 0.6) is 0 Å². The number of aliphatic hydroxyl groups excluding tert-OH is 1. The third-order valence-electron chi connectivity index (χ3n) is 6.73. The molecule has 0 spiro atoms. The highest BCUT2D eigenvalue weighted by molar-refractivity contribution is 7.99. The lowest BCUT2D eigenvalue weighted by atomic mass is 9.75. The molecule has 29 heavy (non-hydrogen) atoms. The van der Waals surface area contributed by atoms with Crippen LogP contribution in [0.25, 0.3) is 0 Å². The van der Waals surface area contributed by atoms with Crippen molar-refractivity contribution in [3.63, 3.8) is 0 Å². The summed E-state index contributed by atoms with van der Waals surface area (Å²) in [6.45, 7) is 6.53. The molecule has 2 N–H and O–H groups in total. The standard InChI is InChI=1S/C24H42O4S/c1-4-5-15-24(2,3)22(25)14-11-19-18(20-12-13-21(19)28-20)9-8-17-29-16-7-6-10-23(26)27/h11,14,18-22,25H,4-10,12-13,15-17H2,1-3H3,(H,26,27)/b14-11+/t18-,19+,20-,21+,22?/m1/s1. The van der Waals surface area contributed by atoms with Crippen LogP contribution in [0.1, 0.15) is 85.0 Å². The van der Waals surface area contributed by atoms with Crippen molar-refractivity contribution in [3.05, 3.63) is 12.2 Å². The van der Waals surface area contributed by atoms with E-state index in [4.69, 9.17) is 9.84 Å². The van der Waals surface area contributed by atoms with Crippen LogP contribution in [0.3, 0.4) is 0 Å². The quantitative estimate of drug-likeness (QED) is 0.260. The lowest BCUT2D eigenvalue weighted by Crippen LogP contribution is -2.29. The van der Waals surface area contributed by atoms with Crippen molar-refractivity contribution < 1.29 is 19.7 Å². The van der Waals surface area contributed by atoms with Crippen molar-refractivity contribution in [2.75, 3.05) is 11.5 Å². The number of thioether (sulfide) groups is 1. The zero-order valence-electron chi connectivity index (χ0n) is 18.6. The average Bonchev–Trinajstić information content (AvgIpc) is 3.28. The average molecular weight is 427 g/mol. The van der Waals surface area contributed by atoms with Gasteiger partial charge in [-0.05, 0) is 67.8 Å². The third-order valence-corrected chi connectivity index (χ3v) is 7.89. The molecule has 0 saturated carbocycles. The third kappa shape index (κ3) is 7.91. The van der Waals surface area contributed by atoms with Crippen molar-refractivity contribution in [2.24, 2.45) is 17.3 Å². The zero-order valence-corrected chi connectivity index (χ0v) is 19.5. The van der Waals surface area contributed by atoms with Crippen LogP contribution < -0.4 is 0 Å². The Morgan fingerprint density at radius 1 is 1.17 bits per heavy atom. The summed E-state index contributed by atoms with van der Waals surface area (Å²) < 4.78 is 6.22. The van der Waals surface area contributed by atoms with E-state index in [1.165, 1.54) is 25.7 Å². The van der Waals surface area contributed by atoms with Crippen molar-refractivity contribution >= 4 is 17.7 Å². The van der Waals surface area contributed by atoms with Gasteiger partial charge in [0.25, 0.3) is 0 Å². The molecule has 168 valence electrons. The SMILES string of the molecule is CCCCC(C)(C)C(O)/C=C/[C@H]1[C@@H](CCCSCCCCC(=O)O)[C@H]2CC[C@@H]1O2. The molecule has 2 aliphatic rings. The molecule has 2 heterocycles. The number of aliphatic carboxylic acids is 1. The summed E-state index contributed by atoms with van der Waals surface area (Å²) in [4.78, 5) is 10.5. The highest BCUT2D eigenvalue weighted by Gasteiger charge is 2.47. The Balaban J connectivity index is 1.74. The summed E-state index contributed by atoms with van der Waals surface area (Å²) in [6.07, 6.45) is 14.8. The first kappa shape index (κ1) is 24.7. The second kappa shape index (κ2) is 12.4. The van der Waals surface area contributed by atoms with Crippen LogP contribution in [-0.4, -0.2) is 46.0 Å². The van der Waals surface area contributed by atoms with E-state index in [0.29, 0.717) is 24.0 Å². The minimum atomic E-state index is -0.691. The van der Waals surface area contributed by atoms with Gasteiger partial charge in [-0.3, -0.25) is 4.79 Å². The van der Waals surface area contributed by atoms with Crippen molar-refractivity contribution in [1.82, 2.24) is 0 Å². The van der Waals surface area contributed by atoms with E-state index in [-0.39, 0.29) is 11.8 Å². The molecule has 2 aliphatic heterocycles. The Morgan fingerprint density at radius 3 is 2.62 bits per heavy atom. The van der Waals surface area contributed by atoms with Gasteiger partial charge in [0.1, 0.15) is 0 Å². The molecule has 2 fully saturated rings. The molecule has 4 nitrogen and oxygen atoms in total. The second-order valence-corrected chi connectivity index (χ2v) is 10.8. The Kier molecular flexibility index (Phi) is 10.5. The van der Waals surface area contributed by atoms with E-state index >= 15 is 0 Å². The molecule has 1 unspecified atom stereocenters. The van der Waals surface area contributed by atoms with Crippen molar-refractivity contribution in [2.45, 2.75) is 103 Å². The zero-order chi connectivity index (χ0) is 21.3. The first-order valence-electron chi connectivity index (χ1n) is 11.7. The predicted molar refractivity (Wildman–Crippen MR) is 121 cm³/mol. The fourth-order valence-corrected chi connectivity index (χ4v) is 5.72. The Bertz CT molecular complexity index is 519. The second-order valence-electron chi connectivity index (χ2n) is 9.56. The molecule has 2 rings (SSSR count). The van der Waals surface area contributed by atoms with Gasteiger partial charge < -0.3 is 14.9 Å². The molecular weight excluding hydrogens is 384 g/mol. The largest absolute Gasteiger partial charge is 0.481 e. The van der Waals surface area contributed by atoms with E-state index < -0.39 is 12.1 Å². The van der Waals surface area contributed by atoms with Gasteiger partial charge in [-0.1, -0.05) is 45.8 Å². The highest BCUT2D eigenvalue weighted by Crippen LogP contribution is 2.46. The van der Waals surface area contributed by atoms with Gasteiger partial charge in [0.05, 0.1) is 18.3 Å². The van der Waals surface area contributed by atoms with Crippen LogP contribution in [-0.2, 0) is 9.53 Å². The fraction of sp³-hybridized carbons (Fsp3) is 0.875. The summed E-state index contributed by atoms with van der Waals surface area (Å²) >= 11 is 1.95. The molecule has 0 aliphatic carbocycles. The van der Waals surface area contributed by atoms with Crippen LogP contribution >= 0.6 is 11.8 Å². The molecule has 0 aromatic heterocycles. The molecule has 0 aromatic rings. The molecule has 0 amide bonds. The number of rotatable bonds is 15. The van der Waals surface area contributed by atoms with Gasteiger partial charge in [0, 0.05) is 12.3 Å². The number of hydrogen-bond donors (Lipinski definition) is 2. The van der Waals surface area contributed by atoms with Crippen LogP contribution in [0.2, 0.25) is 0 Å². The van der Waals surface area contributed by atoms with Gasteiger partial charge in [0.2, 0.25) is 0 Å². The fourth-order valence-electron chi connectivity index (χ4n) is 4.73. The number of hydrogen-bond acceptors (Lipinski definition) is 4. The molecule has 5 heteroatoms. The van der Waals surface area contributed by atoms with E-state index in [1.807, 2.05) is 11.8 Å². The minimum Gasteiger partial charge on any atom is -0.481 e. The van der Waals surface area contributed by atoms with E-state index in [9.17, 15) is 9.90 Å². The van der Waals surface area contributed by atoms with E-state index in [0.717, 1.165) is 43.6 Å². The number of aliphatic hydroxyl groups is 1. The van der Waals surface area contributed by atoms with E-state index in [1.54, 1.807) is 0 Å². The van der Waals surface area contributed by atoms with Crippen molar-refractivity contribution in [3.8, 4) is 0 Å². The van der Waals surface area contributed by atoms with Crippen molar-refractivity contribution in [1.29, 1.82) is 0 Å². The predicted octanol–water partition coefficient (Wildman–Crippen LogP) is 5.68. The summed E-state index contributed by atoms with van der Waals surface area (Å²) in [5.74, 6) is 2.55. The van der Waals surface area contributed by atoms with Crippen LogP contribution in [0.15, 0.2) is 12.2 Å². The van der Waals surface area contributed by atoms with Gasteiger partial charge in [-0.15, -0.1) is 0 Å². The number of carbonyl (C=O) groups is 1. The Hall–Kier alpha value is -0.520. The molecule has 0 radical (unpaired) electrons. The minimum absolute atomic E-state index is 0.0717. The number of unbranched alkanes of at least 4 members (excludes halogenated alkanes) is 2. The number of fused-ring (bicyclic) bond motifs is 2.